The van der Waals surface area contributed by atoms with Crippen LogP contribution in [0.5, 0.6) is 0 Å². The minimum atomic E-state index is 0.135. The maximum Gasteiger partial charge on any atom is 0.254 e. The lowest BCUT2D eigenvalue weighted by molar-refractivity contribution is -0.139. The number of carbonyl (C=O) groups is 2. The third-order valence-electron chi connectivity index (χ3n) is 5.80. The number of ether oxygens (including phenoxy) is 1. The van der Waals surface area contributed by atoms with Gasteiger partial charge in [0.2, 0.25) is 5.91 Å². The van der Waals surface area contributed by atoms with Gasteiger partial charge in [0.25, 0.3) is 5.91 Å². The van der Waals surface area contributed by atoms with Crippen molar-refractivity contribution in [1.29, 1.82) is 0 Å². The molecule has 0 saturated carbocycles. The van der Waals surface area contributed by atoms with E-state index < -0.39 is 0 Å². The predicted molar refractivity (Wildman–Crippen MR) is 96.4 cm³/mol. The van der Waals surface area contributed by atoms with Gasteiger partial charge in [-0.2, -0.15) is 0 Å². The van der Waals surface area contributed by atoms with E-state index in [2.05, 4.69) is 0 Å². The maximum atomic E-state index is 12.8. The summed E-state index contributed by atoms with van der Waals surface area (Å²) in [6.45, 7) is 5.60. The lowest BCUT2D eigenvalue weighted by atomic mass is 9.72. The highest BCUT2D eigenvalue weighted by molar-refractivity contribution is 5.95. The maximum absolute atomic E-state index is 12.8. The minimum absolute atomic E-state index is 0.135. The van der Waals surface area contributed by atoms with Crippen LogP contribution in [0.15, 0.2) is 24.3 Å². The van der Waals surface area contributed by atoms with Crippen molar-refractivity contribution in [3.05, 3.63) is 35.4 Å². The van der Waals surface area contributed by atoms with Crippen molar-refractivity contribution in [2.24, 2.45) is 5.41 Å². The average Bonchev–Trinajstić information content (AvgIpc) is 2.63. The first-order valence-corrected chi connectivity index (χ1v) is 9.16. The summed E-state index contributed by atoms with van der Waals surface area (Å²) < 4.78 is 5.13. The summed E-state index contributed by atoms with van der Waals surface area (Å²) in [6, 6.07) is 7.78. The van der Waals surface area contributed by atoms with Gasteiger partial charge in [0, 0.05) is 45.3 Å². The molecule has 5 heteroatoms. The van der Waals surface area contributed by atoms with Gasteiger partial charge in [-0.25, -0.2) is 0 Å². The number of hydrogen-bond donors (Lipinski definition) is 0. The molecule has 2 fully saturated rings. The van der Waals surface area contributed by atoms with E-state index in [0.717, 1.165) is 50.0 Å². The molecule has 0 aromatic heterocycles. The summed E-state index contributed by atoms with van der Waals surface area (Å²) in [4.78, 5) is 28.8. The van der Waals surface area contributed by atoms with E-state index in [0.29, 0.717) is 19.6 Å². The topological polar surface area (TPSA) is 49.9 Å². The van der Waals surface area contributed by atoms with E-state index in [1.54, 1.807) is 7.11 Å². The summed E-state index contributed by atoms with van der Waals surface area (Å²) >= 11 is 0. The van der Waals surface area contributed by atoms with Crippen molar-refractivity contribution in [3.8, 4) is 0 Å². The van der Waals surface area contributed by atoms with Crippen LogP contribution < -0.4 is 0 Å². The van der Waals surface area contributed by atoms with Crippen LogP contribution in [-0.2, 0) is 9.53 Å². The van der Waals surface area contributed by atoms with Crippen LogP contribution in [-0.4, -0.2) is 61.5 Å². The summed E-state index contributed by atoms with van der Waals surface area (Å²) in [7, 11) is 1.67. The number of piperidine rings is 2. The number of benzene rings is 1. The van der Waals surface area contributed by atoms with Crippen LogP contribution in [0.2, 0.25) is 0 Å². The number of hydrogen-bond acceptors (Lipinski definition) is 3. The van der Waals surface area contributed by atoms with Gasteiger partial charge in [-0.05, 0) is 43.2 Å². The Bertz CT molecular complexity index is 636. The number of rotatable bonds is 4. The molecule has 2 aliphatic heterocycles. The Labute approximate surface area is 149 Å². The molecule has 136 valence electrons. The van der Waals surface area contributed by atoms with E-state index in [9.17, 15) is 9.59 Å². The third-order valence-corrected chi connectivity index (χ3v) is 5.80. The zero-order chi connectivity index (χ0) is 17.9. The quantitative estimate of drug-likeness (QED) is 0.843. The second kappa shape index (κ2) is 7.56. The van der Waals surface area contributed by atoms with Gasteiger partial charge >= 0.3 is 0 Å². The van der Waals surface area contributed by atoms with E-state index in [-0.39, 0.29) is 17.2 Å². The Morgan fingerprint density at radius 2 is 1.92 bits per heavy atom. The highest BCUT2D eigenvalue weighted by atomic mass is 16.5. The molecule has 2 amide bonds. The average molecular weight is 344 g/mol. The second-order valence-corrected chi connectivity index (χ2v) is 7.42. The zero-order valence-electron chi connectivity index (χ0n) is 15.3. The van der Waals surface area contributed by atoms with Crippen molar-refractivity contribution >= 4 is 11.8 Å². The fraction of sp³-hybridized carbons (Fsp3) is 0.600. The van der Waals surface area contributed by atoms with Crippen LogP contribution in [0, 0.1) is 12.3 Å². The Morgan fingerprint density at radius 3 is 2.60 bits per heavy atom. The van der Waals surface area contributed by atoms with Crippen LogP contribution in [0.1, 0.15) is 41.6 Å². The summed E-state index contributed by atoms with van der Waals surface area (Å²) in [5.74, 6) is 0.372. The molecule has 3 rings (SSSR count). The van der Waals surface area contributed by atoms with E-state index >= 15 is 0 Å². The first kappa shape index (κ1) is 17.9. The summed E-state index contributed by atoms with van der Waals surface area (Å²) in [5, 5.41) is 0. The SMILES string of the molecule is COCCN1CC2(CCC1=O)CCN(C(=O)c1ccccc1C)CC2. The molecule has 1 spiro atoms. The number of amides is 2. The van der Waals surface area contributed by atoms with Crippen molar-refractivity contribution < 1.29 is 14.3 Å². The van der Waals surface area contributed by atoms with Crippen LogP contribution >= 0.6 is 0 Å². The van der Waals surface area contributed by atoms with E-state index in [1.165, 1.54) is 0 Å². The normalized spacial score (nSPS) is 20.2. The van der Waals surface area contributed by atoms with Gasteiger partial charge < -0.3 is 14.5 Å². The first-order chi connectivity index (χ1) is 12.0. The highest BCUT2D eigenvalue weighted by Crippen LogP contribution is 2.40. The molecule has 2 heterocycles. The standard InChI is InChI=1S/C20H28N2O3/c1-16-5-3-4-6-17(16)19(24)21-11-9-20(10-12-21)8-7-18(23)22(15-20)13-14-25-2/h3-6H,7-15H2,1-2H3. The van der Waals surface area contributed by atoms with Gasteiger partial charge in [0.15, 0.2) is 0 Å². The Morgan fingerprint density at radius 1 is 1.20 bits per heavy atom. The van der Waals surface area contributed by atoms with Gasteiger partial charge in [0.1, 0.15) is 0 Å². The van der Waals surface area contributed by atoms with Gasteiger partial charge in [0.05, 0.1) is 6.61 Å². The smallest absolute Gasteiger partial charge is 0.254 e. The molecule has 5 nitrogen and oxygen atoms in total. The number of methoxy groups -OCH3 is 1. The molecule has 0 aliphatic carbocycles. The fourth-order valence-corrected chi connectivity index (χ4v) is 4.08. The van der Waals surface area contributed by atoms with Gasteiger partial charge in [-0.1, -0.05) is 18.2 Å². The predicted octanol–water partition coefficient (Wildman–Crippen LogP) is 2.49. The number of aryl methyl sites for hydroxylation is 1. The lowest BCUT2D eigenvalue weighted by Crippen LogP contribution is -2.53. The van der Waals surface area contributed by atoms with Crippen molar-refractivity contribution in [1.82, 2.24) is 9.80 Å². The monoisotopic (exact) mass is 344 g/mol. The Kier molecular flexibility index (Phi) is 5.42. The highest BCUT2D eigenvalue weighted by Gasteiger charge is 2.41. The fourth-order valence-electron chi connectivity index (χ4n) is 4.08. The van der Waals surface area contributed by atoms with Crippen molar-refractivity contribution in [2.75, 3.05) is 39.9 Å². The van der Waals surface area contributed by atoms with Crippen LogP contribution in [0.3, 0.4) is 0 Å². The van der Waals surface area contributed by atoms with E-state index in [4.69, 9.17) is 4.74 Å². The molecule has 0 unspecified atom stereocenters. The van der Waals surface area contributed by atoms with Crippen LogP contribution in [0.4, 0.5) is 0 Å². The zero-order valence-corrected chi connectivity index (χ0v) is 15.3. The Balaban J connectivity index is 1.62. The van der Waals surface area contributed by atoms with Crippen molar-refractivity contribution in [3.63, 3.8) is 0 Å². The number of likely N-dealkylation sites (tertiary alicyclic amines) is 2. The molecule has 0 N–H and O–H groups in total. The van der Waals surface area contributed by atoms with E-state index in [1.807, 2.05) is 41.0 Å². The number of nitrogens with zero attached hydrogens (tertiary/aromatic N) is 2. The second-order valence-electron chi connectivity index (χ2n) is 7.42. The van der Waals surface area contributed by atoms with Crippen molar-refractivity contribution in [2.45, 2.75) is 32.6 Å². The molecule has 0 radical (unpaired) electrons. The molecule has 0 atom stereocenters. The third kappa shape index (κ3) is 3.87. The molecule has 25 heavy (non-hydrogen) atoms. The summed E-state index contributed by atoms with van der Waals surface area (Å²) in [5.41, 5.74) is 2.00. The molecule has 2 saturated heterocycles. The largest absolute Gasteiger partial charge is 0.383 e. The first-order valence-electron chi connectivity index (χ1n) is 9.16. The molecule has 0 bridgehead atoms. The van der Waals surface area contributed by atoms with Gasteiger partial charge in [-0.3, -0.25) is 9.59 Å². The molecule has 2 aliphatic rings. The van der Waals surface area contributed by atoms with Gasteiger partial charge in [-0.15, -0.1) is 0 Å². The molecule has 1 aromatic rings. The minimum Gasteiger partial charge on any atom is -0.383 e. The number of carbonyl (C=O) groups excluding carboxylic acids is 2. The molecule has 1 aromatic carbocycles. The lowest BCUT2D eigenvalue weighted by Gasteiger charge is -2.47. The summed E-state index contributed by atoms with van der Waals surface area (Å²) in [6.07, 6.45) is 3.51. The Hall–Kier alpha value is -1.88. The molecular formula is C20H28N2O3. The van der Waals surface area contributed by atoms with Crippen LogP contribution in [0.25, 0.3) is 0 Å². The molecular weight excluding hydrogens is 316 g/mol.